The lowest BCUT2D eigenvalue weighted by Gasteiger charge is -2.30. The molecule has 6 nitrogen and oxygen atoms in total. The Labute approximate surface area is 172 Å². The van der Waals surface area contributed by atoms with Gasteiger partial charge in [0.1, 0.15) is 5.75 Å². The molecule has 146 valence electrons. The number of nitrogens with zero attached hydrogens (tertiary/aromatic N) is 1. The molecule has 0 unspecified atom stereocenters. The zero-order chi connectivity index (χ0) is 20.2. The van der Waals surface area contributed by atoms with Crippen LogP contribution in [0.15, 0.2) is 82.6 Å². The van der Waals surface area contributed by atoms with Gasteiger partial charge in [-0.1, -0.05) is 53.7 Å². The van der Waals surface area contributed by atoms with Crippen LogP contribution in [0.1, 0.15) is 5.56 Å². The lowest BCUT2D eigenvalue weighted by molar-refractivity contribution is -0.123. The van der Waals surface area contributed by atoms with E-state index in [1.54, 1.807) is 28.8 Å². The highest BCUT2D eigenvalue weighted by molar-refractivity contribution is 7.99. The Kier molecular flexibility index (Phi) is 5.39. The van der Waals surface area contributed by atoms with E-state index in [1.807, 2.05) is 67.6 Å². The van der Waals surface area contributed by atoms with E-state index in [9.17, 15) is 9.59 Å². The minimum absolute atomic E-state index is 0.202. The third kappa shape index (κ3) is 4.20. The van der Waals surface area contributed by atoms with Crippen molar-refractivity contribution in [1.82, 2.24) is 10.9 Å². The van der Waals surface area contributed by atoms with Crippen LogP contribution in [0.2, 0.25) is 0 Å². The predicted octanol–water partition coefficient (Wildman–Crippen LogP) is 4.42. The number of carbonyl (C=O) groups excluding carboxylic acids is 2. The molecule has 0 aromatic heterocycles. The van der Waals surface area contributed by atoms with Crippen LogP contribution in [0.3, 0.4) is 0 Å². The Balaban J connectivity index is 1.42. The SMILES string of the molecule is Cc1ccc(OCC(=O)NNC(=O)N2c3ccccc3Sc3ccccc32)cc1. The van der Waals surface area contributed by atoms with E-state index in [0.29, 0.717) is 5.75 Å². The van der Waals surface area contributed by atoms with Gasteiger partial charge in [0.2, 0.25) is 0 Å². The molecule has 3 amide bonds. The van der Waals surface area contributed by atoms with E-state index >= 15 is 0 Å². The highest BCUT2D eigenvalue weighted by Crippen LogP contribution is 2.47. The number of carbonyl (C=O) groups is 2. The second kappa shape index (κ2) is 8.28. The van der Waals surface area contributed by atoms with E-state index < -0.39 is 11.9 Å². The van der Waals surface area contributed by atoms with Gasteiger partial charge >= 0.3 is 6.03 Å². The maximum Gasteiger partial charge on any atom is 0.345 e. The van der Waals surface area contributed by atoms with Crippen molar-refractivity contribution in [1.29, 1.82) is 0 Å². The van der Waals surface area contributed by atoms with Crippen LogP contribution < -0.4 is 20.5 Å². The molecule has 0 radical (unpaired) electrons. The van der Waals surface area contributed by atoms with Crippen molar-refractivity contribution in [2.75, 3.05) is 11.5 Å². The number of urea groups is 1. The van der Waals surface area contributed by atoms with Gasteiger partial charge in [-0.2, -0.15) is 0 Å². The molecule has 0 spiro atoms. The number of amides is 3. The van der Waals surface area contributed by atoms with Crippen LogP contribution in [-0.4, -0.2) is 18.5 Å². The van der Waals surface area contributed by atoms with Crippen molar-refractivity contribution in [3.63, 3.8) is 0 Å². The third-order valence-electron chi connectivity index (χ3n) is 4.34. The standard InChI is InChI=1S/C22H19N3O3S/c1-15-10-12-16(13-11-15)28-14-21(26)23-24-22(27)25-17-6-2-4-8-19(17)29-20-9-5-3-7-18(20)25/h2-13H,14H2,1H3,(H,23,26)(H,24,27). The van der Waals surface area contributed by atoms with Gasteiger partial charge in [0, 0.05) is 9.79 Å². The first kappa shape index (κ1) is 18.9. The molecule has 0 aliphatic carbocycles. The van der Waals surface area contributed by atoms with Crippen molar-refractivity contribution in [2.45, 2.75) is 16.7 Å². The Morgan fingerprint density at radius 3 is 2.07 bits per heavy atom. The molecule has 3 aromatic carbocycles. The Hall–Kier alpha value is -3.45. The quantitative estimate of drug-likeness (QED) is 0.633. The third-order valence-corrected chi connectivity index (χ3v) is 5.47. The van der Waals surface area contributed by atoms with Crippen molar-refractivity contribution < 1.29 is 14.3 Å². The van der Waals surface area contributed by atoms with Crippen LogP contribution in [-0.2, 0) is 4.79 Å². The number of fused-ring (bicyclic) bond motifs is 2. The molecule has 1 aliphatic rings. The Morgan fingerprint density at radius 2 is 1.45 bits per heavy atom. The molecule has 3 aromatic rings. The summed E-state index contributed by atoms with van der Waals surface area (Å²) in [7, 11) is 0. The topological polar surface area (TPSA) is 70.7 Å². The molecule has 0 saturated heterocycles. The summed E-state index contributed by atoms with van der Waals surface area (Å²) in [5.41, 5.74) is 7.52. The van der Waals surface area contributed by atoms with Gasteiger partial charge < -0.3 is 4.74 Å². The maximum absolute atomic E-state index is 12.9. The average molecular weight is 405 g/mol. The molecule has 2 N–H and O–H groups in total. The molecule has 29 heavy (non-hydrogen) atoms. The first-order valence-corrected chi connectivity index (χ1v) is 9.88. The number of nitrogens with one attached hydrogen (secondary N) is 2. The number of para-hydroxylation sites is 2. The summed E-state index contributed by atoms with van der Waals surface area (Å²) < 4.78 is 5.43. The highest BCUT2D eigenvalue weighted by Gasteiger charge is 2.28. The van der Waals surface area contributed by atoms with E-state index in [1.165, 1.54) is 0 Å². The number of benzene rings is 3. The normalized spacial score (nSPS) is 11.8. The van der Waals surface area contributed by atoms with Crippen LogP contribution in [0.5, 0.6) is 5.75 Å². The summed E-state index contributed by atoms with van der Waals surface area (Å²) in [6, 6.07) is 22.2. The molecule has 0 saturated carbocycles. The number of anilines is 2. The number of aryl methyl sites for hydroxylation is 1. The molecule has 1 aliphatic heterocycles. The largest absolute Gasteiger partial charge is 0.484 e. The highest BCUT2D eigenvalue weighted by atomic mass is 32.2. The smallest absolute Gasteiger partial charge is 0.345 e. The number of hydrogen-bond acceptors (Lipinski definition) is 4. The minimum atomic E-state index is -0.452. The molecule has 1 heterocycles. The van der Waals surface area contributed by atoms with Crippen LogP contribution in [0.4, 0.5) is 16.2 Å². The molecular weight excluding hydrogens is 386 g/mol. The average Bonchev–Trinajstić information content (AvgIpc) is 2.75. The monoisotopic (exact) mass is 405 g/mol. The van der Waals surface area contributed by atoms with Crippen molar-refractivity contribution >= 4 is 35.1 Å². The van der Waals surface area contributed by atoms with Gasteiger partial charge in [0.25, 0.3) is 5.91 Å². The number of hydrazine groups is 1. The Bertz CT molecular complexity index is 1010. The summed E-state index contributed by atoms with van der Waals surface area (Å²) in [6.07, 6.45) is 0. The van der Waals surface area contributed by atoms with Crippen molar-refractivity contribution in [3.05, 3.63) is 78.4 Å². The van der Waals surface area contributed by atoms with Gasteiger partial charge in [-0.25, -0.2) is 10.2 Å². The van der Waals surface area contributed by atoms with Gasteiger partial charge in [0.05, 0.1) is 11.4 Å². The fourth-order valence-electron chi connectivity index (χ4n) is 2.92. The van der Waals surface area contributed by atoms with Gasteiger partial charge in [-0.15, -0.1) is 0 Å². The maximum atomic E-state index is 12.9. The summed E-state index contributed by atoms with van der Waals surface area (Å²) >= 11 is 1.61. The predicted molar refractivity (Wildman–Crippen MR) is 112 cm³/mol. The van der Waals surface area contributed by atoms with Crippen molar-refractivity contribution in [2.24, 2.45) is 0 Å². The molecule has 0 fully saturated rings. The van der Waals surface area contributed by atoms with Gasteiger partial charge in [0.15, 0.2) is 6.61 Å². The summed E-state index contributed by atoms with van der Waals surface area (Å²) in [5, 5.41) is 0. The van der Waals surface area contributed by atoms with E-state index in [4.69, 9.17) is 4.74 Å². The zero-order valence-corrected chi connectivity index (χ0v) is 16.5. The number of hydrogen-bond donors (Lipinski definition) is 2. The molecule has 0 bridgehead atoms. The minimum Gasteiger partial charge on any atom is -0.484 e. The molecule has 7 heteroatoms. The molecule has 0 atom stereocenters. The number of rotatable bonds is 3. The van der Waals surface area contributed by atoms with Crippen LogP contribution in [0.25, 0.3) is 0 Å². The van der Waals surface area contributed by atoms with Gasteiger partial charge in [-0.05, 0) is 43.3 Å². The fourth-order valence-corrected chi connectivity index (χ4v) is 3.98. The second-order valence-corrected chi connectivity index (χ2v) is 7.54. The fraction of sp³-hybridized carbons (Fsp3) is 0.0909. The summed E-state index contributed by atoms with van der Waals surface area (Å²) in [6.45, 7) is 1.77. The first-order valence-electron chi connectivity index (χ1n) is 9.06. The first-order chi connectivity index (χ1) is 14.1. The van der Waals surface area contributed by atoms with E-state index in [-0.39, 0.29) is 6.61 Å². The van der Waals surface area contributed by atoms with Crippen molar-refractivity contribution in [3.8, 4) is 5.75 Å². The van der Waals surface area contributed by atoms with E-state index in [0.717, 1.165) is 26.7 Å². The molecule has 4 rings (SSSR count). The summed E-state index contributed by atoms with van der Waals surface area (Å²) in [4.78, 5) is 28.5. The lowest BCUT2D eigenvalue weighted by Crippen LogP contribution is -2.49. The van der Waals surface area contributed by atoms with Crippen LogP contribution >= 0.6 is 11.8 Å². The zero-order valence-electron chi connectivity index (χ0n) is 15.7. The van der Waals surface area contributed by atoms with Crippen LogP contribution in [0, 0.1) is 6.92 Å². The lowest BCUT2D eigenvalue weighted by atomic mass is 10.2. The molecular formula is C22H19N3O3S. The summed E-state index contributed by atoms with van der Waals surface area (Å²) in [5.74, 6) is 0.139. The number of ether oxygens (including phenoxy) is 1. The van der Waals surface area contributed by atoms with Gasteiger partial charge in [-0.3, -0.25) is 15.1 Å². The Morgan fingerprint density at radius 1 is 0.862 bits per heavy atom. The van der Waals surface area contributed by atoms with E-state index in [2.05, 4.69) is 10.9 Å². The second-order valence-electron chi connectivity index (χ2n) is 6.45.